The van der Waals surface area contributed by atoms with Crippen LogP contribution in [0.5, 0.6) is 0 Å². The van der Waals surface area contributed by atoms with Gasteiger partial charge in [0.05, 0.1) is 0 Å². The topological polar surface area (TPSA) is 52.7 Å². The molecule has 0 bridgehead atoms. The molecule has 1 N–H and O–H groups in total. The van der Waals surface area contributed by atoms with Gasteiger partial charge in [0.25, 0.3) is 5.91 Å². The van der Waals surface area contributed by atoms with Crippen LogP contribution in [0.1, 0.15) is 42.6 Å². The Morgan fingerprint density at radius 3 is 2.45 bits per heavy atom. The van der Waals surface area contributed by atoms with E-state index in [1.54, 1.807) is 17.0 Å². The van der Waals surface area contributed by atoms with Crippen LogP contribution in [0.3, 0.4) is 0 Å². The third-order valence-electron chi connectivity index (χ3n) is 5.07. The van der Waals surface area contributed by atoms with Gasteiger partial charge >= 0.3 is 0 Å². The van der Waals surface area contributed by atoms with Gasteiger partial charge < -0.3 is 15.1 Å². The van der Waals surface area contributed by atoms with Crippen LogP contribution in [0.2, 0.25) is 0 Å². The summed E-state index contributed by atoms with van der Waals surface area (Å²) in [6.45, 7) is 4.23. The van der Waals surface area contributed by atoms with Crippen LogP contribution in [-0.4, -0.2) is 36.9 Å². The Balaban J connectivity index is 1.89. The number of benzene rings is 2. The van der Waals surface area contributed by atoms with E-state index in [0.29, 0.717) is 12.1 Å². The van der Waals surface area contributed by atoms with Gasteiger partial charge in [-0.3, -0.25) is 9.59 Å². The maximum atomic E-state index is 13.6. The Hall–Kier alpha value is -2.89. The average Bonchev–Trinajstić information content (AvgIpc) is 3.50. The summed E-state index contributed by atoms with van der Waals surface area (Å²) in [6, 6.07) is 11.4. The third-order valence-corrected chi connectivity index (χ3v) is 5.07. The van der Waals surface area contributed by atoms with Crippen molar-refractivity contribution in [3.05, 3.63) is 59.4 Å². The first-order chi connectivity index (χ1) is 13.8. The molecule has 5 nitrogen and oxygen atoms in total. The largest absolute Gasteiger partial charge is 0.377 e. The number of rotatable bonds is 7. The number of hydrogen-bond acceptors (Lipinski definition) is 3. The zero-order valence-corrected chi connectivity index (χ0v) is 17.4. The summed E-state index contributed by atoms with van der Waals surface area (Å²) in [5, 5.41) is 2.97. The van der Waals surface area contributed by atoms with Gasteiger partial charge in [0.1, 0.15) is 5.82 Å². The monoisotopic (exact) mass is 397 g/mol. The minimum absolute atomic E-state index is 0.0464. The maximum Gasteiger partial charge on any atom is 0.254 e. The second-order valence-corrected chi connectivity index (χ2v) is 8.04. The predicted molar refractivity (Wildman–Crippen MR) is 114 cm³/mol. The van der Waals surface area contributed by atoms with Gasteiger partial charge in [0.2, 0.25) is 5.91 Å². The molecule has 6 heteroatoms. The lowest BCUT2D eigenvalue weighted by Gasteiger charge is -2.29. The van der Waals surface area contributed by atoms with Gasteiger partial charge in [-0.1, -0.05) is 6.07 Å². The molecule has 0 atom stereocenters. The van der Waals surface area contributed by atoms with E-state index in [4.69, 9.17) is 0 Å². The lowest BCUT2D eigenvalue weighted by Crippen LogP contribution is -2.37. The molecule has 0 saturated heterocycles. The Labute approximate surface area is 171 Å². The van der Waals surface area contributed by atoms with E-state index in [-0.39, 0.29) is 23.8 Å². The number of carbonyl (C=O) groups excluding carboxylic acids is 2. The second kappa shape index (κ2) is 8.64. The van der Waals surface area contributed by atoms with Crippen LogP contribution in [0.25, 0.3) is 0 Å². The molecule has 1 fully saturated rings. The van der Waals surface area contributed by atoms with Crippen LogP contribution in [0, 0.1) is 11.7 Å². The minimum Gasteiger partial charge on any atom is -0.377 e. The van der Waals surface area contributed by atoms with Crippen molar-refractivity contribution in [1.82, 2.24) is 4.90 Å². The number of carbonyl (C=O) groups is 2. The van der Waals surface area contributed by atoms with E-state index in [9.17, 15) is 14.0 Å². The number of amides is 2. The summed E-state index contributed by atoms with van der Waals surface area (Å²) >= 11 is 0. The van der Waals surface area contributed by atoms with Crippen molar-refractivity contribution in [2.45, 2.75) is 39.3 Å². The maximum absolute atomic E-state index is 13.6. The van der Waals surface area contributed by atoms with Crippen molar-refractivity contribution in [2.75, 3.05) is 24.3 Å². The fourth-order valence-electron chi connectivity index (χ4n) is 3.28. The zero-order chi connectivity index (χ0) is 21.1. The second-order valence-electron chi connectivity index (χ2n) is 8.04. The summed E-state index contributed by atoms with van der Waals surface area (Å²) in [4.78, 5) is 28.9. The molecular weight excluding hydrogens is 369 g/mol. The molecule has 2 amide bonds. The van der Waals surface area contributed by atoms with Crippen LogP contribution >= 0.6 is 0 Å². The molecule has 2 aromatic carbocycles. The molecule has 0 unspecified atom stereocenters. The van der Waals surface area contributed by atoms with Crippen molar-refractivity contribution in [3.8, 4) is 0 Å². The Morgan fingerprint density at radius 1 is 1.14 bits per heavy atom. The van der Waals surface area contributed by atoms with E-state index in [2.05, 4.69) is 5.32 Å². The highest BCUT2D eigenvalue weighted by molar-refractivity contribution is 5.95. The smallest absolute Gasteiger partial charge is 0.254 e. The standard InChI is InChI=1S/C23H28FN3O2/c1-15(2)27(23(29)17-6-5-7-19(24)12-17)14-18-13-20(10-11-21(18)26(3)4)25-22(28)16-8-9-16/h5-7,10-13,15-16H,8-9,14H2,1-4H3,(H,25,28). The van der Waals surface area contributed by atoms with Crippen molar-refractivity contribution < 1.29 is 14.0 Å². The summed E-state index contributed by atoms with van der Waals surface area (Å²) in [6.07, 6.45) is 1.88. The molecule has 1 saturated carbocycles. The lowest BCUT2D eigenvalue weighted by molar-refractivity contribution is -0.117. The molecule has 0 heterocycles. The molecule has 0 spiro atoms. The van der Waals surface area contributed by atoms with Gasteiger partial charge in [-0.25, -0.2) is 4.39 Å². The van der Waals surface area contributed by atoms with E-state index in [0.717, 1.165) is 29.8 Å². The normalized spacial score (nSPS) is 13.3. The lowest BCUT2D eigenvalue weighted by atomic mass is 10.1. The van der Waals surface area contributed by atoms with Gasteiger partial charge in [-0.05, 0) is 68.7 Å². The van der Waals surface area contributed by atoms with Gasteiger partial charge in [0, 0.05) is 49.5 Å². The van der Waals surface area contributed by atoms with Crippen molar-refractivity contribution in [1.29, 1.82) is 0 Å². The Kier molecular flexibility index (Phi) is 6.20. The van der Waals surface area contributed by atoms with Crippen LogP contribution in [-0.2, 0) is 11.3 Å². The minimum atomic E-state index is -0.432. The van der Waals surface area contributed by atoms with Crippen molar-refractivity contribution in [3.63, 3.8) is 0 Å². The van der Waals surface area contributed by atoms with Crippen molar-refractivity contribution in [2.24, 2.45) is 5.92 Å². The van der Waals surface area contributed by atoms with Gasteiger partial charge in [-0.2, -0.15) is 0 Å². The fourth-order valence-corrected chi connectivity index (χ4v) is 3.28. The first kappa shape index (κ1) is 20.8. The molecule has 1 aliphatic rings. The highest BCUT2D eigenvalue weighted by Crippen LogP contribution is 2.31. The number of halogens is 1. The zero-order valence-electron chi connectivity index (χ0n) is 17.4. The SMILES string of the molecule is CC(C)N(Cc1cc(NC(=O)C2CC2)ccc1N(C)C)C(=O)c1cccc(F)c1. The Bertz CT molecular complexity index is 907. The number of nitrogens with zero attached hydrogens (tertiary/aromatic N) is 2. The van der Waals surface area contributed by atoms with Crippen LogP contribution in [0.15, 0.2) is 42.5 Å². The molecule has 2 aromatic rings. The third kappa shape index (κ3) is 5.13. The molecule has 3 rings (SSSR count). The summed E-state index contributed by atoms with van der Waals surface area (Å²) in [5.74, 6) is -0.492. The van der Waals surface area contributed by atoms with E-state index < -0.39 is 5.82 Å². The summed E-state index contributed by atoms with van der Waals surface area (Å²) < 4.78 is 13.6. The van der Waals surface area contributed by atoms with Gasteiger partial charge in [-0.15, -0.1) is 0 Å². The first-order valence-corrected chi connectivity index (χ1v) is 9.94. The fraction of sp³-hybridized carbons (Fsp3) is 0.391. The number of anilines is 2. The van der Waals surface area contributed by atoms with Gasteiger partial charge in [0.15, 0.2) is 0 Å². The molecule has 0 aromatic heterocycles. The highest BCUT2D eigenvalue weighted by Gasteiger charge is 2.29. The quantitative estimate of drug-likeness (QED) is 0.758. The molecule has 0 aliphatic heterocycles. The van der Waals surface area contributed by atoms with E-state index in [1.165, 1.54) is 12.1 Å². The van der Waals surface area contributed by atoms with Crippen LogP contribution < -0.4 is 10.2 Å². The molecule has 0 radical (unpaired) electrons. The summed E-state index contributed by atoms with van der Waals surface area (Å²) in [7, 11) is 3.88. The van der Waals surface area contributed by atoms with E-state index in [1.807, 2.05) is 51.0 Å². The molecular formula is C23H28FN3O2. The number of hydrogen-bond donors (Lipinski definition) is 1. The summed E-state index contributed by atoms with van der Waals surface area (Å²) in [5.41, 5.74) is 2.93. The van der Waals surface area contributed by atoms with Crippen LogP contribution in [0.4, 0.5) is 15.8 Å². The van der Waals surface area contributed by atoms with E-state index >= 15 is 0 Å². The highest BCUT2D eigenvalue weighted by atomic mass is 19.1. The average molecular weight is 397 g/mol. The number of nitrogens with one attached hydrogen (secondary N) is 1. The van der Waals surface area contributed by atoms with Crippen molar-refractivity contribution >= 4 is 23.2 Å². The molecule has 154 valence electrons. The molecule has 29 heavy (non-hydrogen) atoms. The Morgan fingerprint density at radius 2 is 1.86 bits per heavy atom. The molecule has 1 aliphatic carbocycles. The predicted octanol–water partition coefficient (Wildman–Crippen LogP) is 4.29. The first-order valence-electron chi connectivity index (χ1n) is 9.94.